The maximum atomic E-state index is 5.97. The van der Waals surface area contributed by atoms with Crippen LogP contribution in [0.5, 0.6) is 0 Å². The normalized spacial score (nSPS) is 20.6. The Balaban J connectivity index is 2.36. The lowest BCUT2D eigenvalue weighted by Gasteiger charge is -2.45. The van der Waals surface area contributed by atoms with Crippen molar-refractivity contribution in [3.63, 3.8) is 0 Å². The van der Waals surface area contributed by atoms with Crippen LogP contribution in [0.1, 0.15) is 55.7 Å². The largest absolute Gasteiger partial charge is 0.302 e. The van der Waals surface area contributed by atoms with Crippen molar-refractivity contribution in [2.45, 2.75) is 57.0 Å². The Labute approximate surface area is 123 Å². The van der Waals surface area contributed by atoms with Crippen LogP contribution in [0.2, 0.25) is 0 Å². The number of nitrogens with zero attached hydrogens (tertiary/aromatic N) is 1. The van der Waals surface area contributed by atoms with Crippen molar-refractivity contribution in [2.24, 2.45) is 5.84 Å². The molecule has 0 amide bonds. The van der Waals surface area contributed by atoms with E-state index < -0.39 is 0 Å². The van der Waals surface area contributed by atoms with Gasteiger partial charge < -0.3 is 4.90 Å². The molecule has 112 valence electrons. The fourth-order valence-corrected chi connectivity index (χ4v) is 3.66. The van der Waals surface area contributed by atoms with E-state index in [2.05, 4.69) is 55.6 Å². The van der Waals surface area contributed by atoms with Gasteiger partial charge in [-0.3, -0.25) is 11.3 Å². The lowest BCUT2D eigenvalue weighted by atomic mass is 9.78. The lowest BCUT2D eigenvalue weighted by molar-refractivity contribution is 0.0800. The van der Waals surface area contributed by atoms with Crippen molar-refractivity contribution in [3.8, 4) is 0 Å². The van der Waals surface area contributed by atoms with E-state index in [0.29, 0.717) is 0 Å². The molecule has 1 atom stereocenters. The van der Waals surface area contributed by atoms with E-state index in [9.17, 15) is 0 Å². The van der Waals surface area contributed by atoms with Crippen molar-refractivity contribution in [1.82, 2.24) is 10.3 Å². The summed E-state index contributed by atoms with van der Waals surface area (Å²) in [5.41, 5.74) is 5.84. The molecule has 1 unspecified atom stereocenters. The maximum absolute atomic E-state index is 5.97. The van der Waals surface area contributed by atoms with Crippen LogP contribution in [0.4, 0.5) is 0 Å². The van der Waals surface area contributed by atoms with Gasteiger partial charge in [-0.15, -0.1) is 0 Å². The quantitative estimate of drug-likeness (QED) is 0.504. The number of aryl methyl sites for hydroxylation is 1. The minimum Gasteiger partial charge on any atom is -0.302 e. The Kier molecular flexibility index (Phi) is 5.19. The van der Waals surface area contributed by atoms with Gasteiger partial charge >= 0.3 is 0 Å². The van der Waals surface area contributed by atoms with Gasteiger partial charge in [0, 0.05) is 5.54 Å². The molecule has 1 aliphatic rings. The maximum Gasteiger partial charge on any atom is 0.0643 e. The average molecular weight is 275 g/mol. The van der Waals surface area contributed by atoms with Crippen molar-refractivity contribution in [3.05, 3.63) is 35.4 Å². The Hall–Kier alpha value is -0.900. The van der Waals surface area contributed by atoms with Crippen LogP contribution in [0.25, 0.3) is 0 Å². The van der Waals surface area contributed by atoms with Crippen LogP contribution in [0.3, 0.4) is 0 Å². The standard InChI is InChI=1S/C17H29N3/c1-14-8-10-15(11-9-14)16(19-18)17(20(2)3)12-6-4-5-7-13-17/h8-11,16,19H,4-7,12-13,18H2,1-3H3. The highest BCUT2D eigenvalue weighted by molar-refractivity contribution is 5.27. The number of nitrogens with one attached hydrogen (secondary N) is 1. The first-order chi connectivity index (χ1) is 9.60. The number of benzene rings is 1. The summed E-state index contributed by atoms with van der Waals surface area (Å²) in [4.78, 5) is 2.39. The summed E-state index contributed by atoms with van der Waals surface area (Å²) in [6, 6.07) is 8.99. The van der Waals surface area contributed by atoms with Gasteiger partial charge in [-0.1, -0.05) is 55.5 Å². The van der Waals surface area contributed by atoms with Crippen molar-refractivity contribution >= 4 is 0 Å². The summed E-state index contributed by atoms with van der Waals surface area (Å²) >= 11 is 0. The molecule has 1 saturated carbocycles. The molecular formula is C17H29N3. The second-order valence-corrected chi connectivity index (χ2v) is 6.42. The van der Waals surface area contributed by atoms with Crippen LogP contribution in [0.15, 0.2) is 24.3 Å². The third-order valence-corrected chi connectivity index (χ3v) is 4.97. The molecule has 1 fully saturated rings. The fraction of sp³-hybridized carbons (Fsp3) is 0.647. The molecule has 3 N–H and O–H groups in total. The van der Waals surface area contributed by atoms with Crippen LogP contribution >= 0.6 is 0 Å². The molecule has 0 aromatic heterocycles. The summed E-state index contributed by atoms with van der Waals surface area (Å²) in [5, 5.41) is 0. The average Bonchev–Trinajstić information content (AvgIpc) is 2.69. The van der Waals surface area contributed by atoms with Crippen molar-refractivity contribution in [1.29, 1.82) is 0 Å². The molecule has 1 aromatic carbocycles. The molecule has 1 aromatic rings. The molecule has 2 rings (SSSR count). The third-order valence-electron chi connectivity index (χ3n) is 4.97. The predicted octanol–water partition coefficient (Wildman–Crippen LogP) is 3.15. The summed E-state index contributed by atoms with van der Waals surface area (Å²) < 4.78 is 0. The molecular weight excluding hydrogens is 246 g/mol. The van der Waals surface area contributed by atoms with Gasteiger partial charge in [0.05, 0.1) is 6.04 Å². The Morgan fingerprint density at radius 3 is 2.05 bits per heavy atom. The van der Waals surface area contributed by atoms with Gasteiger partial charge in [-0.05, 0) is 39.4 Å². The number of hydrogen-bond donors (Lipinski definition) is 2. The molecule has 3 heteroatoms. The minimum atomic E-state index is 0.126. The SMILES string of the molecule is Cc1ccc(C(NN)C2(N(C)C)CCCCCC2)cc1. The highest BCUT2D eigenvalue weighted by atomic mass is 15.3. The van der Waals surface area contributed by atoms with Gasteiger partial charge in [0.15, 0.2) is 0 Å². The van der Waals surface area contributed by atoms with Gasteiger partial charge in [0.1, 0.15) is 0 Å². The van der Waals surface area contributed by atoms with Crippen molar-refractivity contribution in [2.75, 3.05) is 14.1 Å². The molecule has 0 radical (unpaired) electrons. The smallest absolute Gasteiger partial charge is 0.0643 e. The summed E-state index contributed by atoms with van der Waals surface area (Å²) in [7, 11) is 4.40. The molecule has 3 nitrogen and oxygen atoms in total. The van der Waals surface area contributed by atoms with E-state index >= 15 is 0 Å². The molecule has 1 aliphatic carbocycles. The van der Waals surface area contributed by atoms with Crippen LogP contribution in [0, 0.1) is 6.92 Å². The van der Waals surface area contributed by atoms with E-state index in [0.717, 1.165) is 0 Å². The van der Waals surface area contributed by atoms with E-state index in [1.54, 1.807) is 0 Å². The highest BCUT2D eigenvalue weighted by Crippen LogP contribution is 2.40. The molecule has 0 heterocycles. The Bertz CT molecular complexity index is 403. The first kappa shape index (κ1) is 15.5. The fourth-order valence-electron chi connectivity index (χ4n) is 3.66. The van der Waals surface area contributed by atoms with E-state index in [1.807, 2.05) is 0 Å². The number of hydrogen-bond acceptors (Lipinski definition) is 3. The number of hydrazine groups is 1. The zero-order chi connectivity index (χ0) is 14.6. The Morgan fingerprint density at radius 1 is 1.05 bits per heavy atom. The van der Waals surface area contributed by atoms with E-state index in [-0.39, 0.29) is 11.6 Å². The van der Waals surface area contributed by atoms with Crippen LogP contribution < -0.4 is 11.3 Å². The zero-order valence-corrected chi connectivity index (χ0v) is 13.2. The summed E-state index contributed by atoms with van der Waals surface area (Å²) in [5.74, 6) is 5.97. The third kappa shape index (κ3) is 3.05. The van der Waals surface area contributed by atoms with Crippen LogP contribution in [-0.2, 0) is 0 Å². The summed E-state index contributed by atoms with van der Waals surface area (Å²) in [6.45, 7) is 2.13. The monoisotopic (exact) mass is 275 g/mol. The second-order valence-electron chi connectivity index (χ2n) is 6.42. The van der Waals surface area contributed by atoms with E-state index in [4.69, 9.17) is 5.84 Å². The number of likely N-dealkylation sites (N-methyl/N-ethyl adjacent to an activating group) is 1. The van der Waals surface area contributed by atoms with Gasteiger partial charge in [-0.2, -0.15) is 0 Å². The number of rotatable bonds is 4. The van der Waals surface area contributed by atoms with Gasteiger partial charge in [0.2, 0.25) is 0 Å². The van der Waals surface area contributed by atoms with E-state index in [1.165, 1.54) is 49.7 Å². The first-order valence-electron chi connectivity index (χ1n) is 7.80. The molecule has 0 saturated heterocycles. The molecule has 0 aliphatic heterocycles. The van der Waals surface area contributed by atoms with Gasteiger partial charge in [0.25, 0.3) is 0 Å². The van der Waals surface area contributed by atoms with Crippen molar-refractivity contribution < 1.29 is 0 Å². The predicted molar refractivity (Wildman–Crippen MR) is 85.4 cm³/mol. The molecule has 20 heavy (non-hydrogen) atoms. The number of nitrogens with two attached hydrogens (primary N) is 1. The van der Waals surface area contributed by atoms with Crippen LogP contribution in [-0.4, -0.2) is 24.5 Å². The lowest BCUT2D eigenvalue weighted by Crippen LogP contribution is -2.55. The summed E-state index contributed by atoms with van der Waals surface area (Å²) in [6.07, 6.45) is 7.71. The Morgan fingerprint density at radius 2 is 1.60 bits per heavy atom. The highest BCUT2D eigenvalue weighted by Gasteiger charge is 2.41. The molecule has 0 bridgehead atoms. The van der Waals surface area contributed by atoms with Gasteiger partial charge in [-0.25, -0.2) is 0 Å². The second kappa shape index (κ2) is 6.70. The molecule has 0 spiro atoms. The topological polar surface area (TPSA) is 41.3 Å². The first-order valence-corrected chi connectivity index (χ1v) is 7.80. The minimum absolute atomic E-state index is 0.126. The zero-order valence-electron chi connectivity index (χ0n) is 13.2.